The summed E-state index contributed by atoms with van der Waals surface area (Å²) in [4.78, 5) is 14.6. The van der Waals surface area contributed by atoms with Gasteiger partial charge in [0.1, 0.15) is 0 Å². The first-order chi connectivity index (χ1) is 10.1. The lowest BCUT2D eigenvalue weighted by Crippen LogP contribution is -1.99. The lowest BCUT2D eigenvalue weighted by Gasteiger charge is -2.01. The molecule has 0 fully saturated rings. The molecular weight excluding hydrogens is 294 g/mol. The highest BCUT2D eigenvalue weighted by atomic mass is 35.5. The van der Waals surface area contributed by atoms with Crippen LogP contribution in [0.1, 0.15) is 5.56 Å². The van der Waals surface area contributed by atoms with E-state index in [2.05, 4.69) is 10.3 Å². The predicted molar refractivity (Wildman–Crippen MR) is 79.4 cm³/mol. The molecule has 3 aromatic rings. The Morgan fingerprint density at radius 1 is 1.24 bits per heavy atom. The quantitative estimate of drug-likeness (QED) is 0.582. The van der Waals surface area contributed by atoms with Gasteiger partial charge in [0.25, 0.3) is 11.7 Å². The van der Waals surface area contributed by atoms with Crippen molar-refractivity contribution in [2.75, 3.05) is 5.32 Å². The topological polar surface area (TPSA) is 81.2 Å². The zero-order chi connectivity index (χ0) is 14.8. The molecule has 0 bridgehead atoms. The van der Waals surface area contributed by atoms with Gasteiger partial charge < -0.3 is 9.73 Å². The van der Waals surface area contributed by atoms with Gasteiger partial charge in [0, 0.05) is 17.6 Å². The summed E-state index contributed by atoms with van der Waals surface area (Å²) in [5.41, 5.74) is 1.54. The summed E-state index contributed by atoms with van der Waals surface area (Å²) in [6, 6.07) is 12.2. The molecular formula is C14H10ClN3O3. The molecule has 0 amide bonds. The highest BCUT2D eigenvalue weighted by Crippen LogP contribution is 2.27. The maximum atomic E-state index is 10.9. The van der Waals surface area contributed by atoms with E-state index < -0.39 is 4.92 Å². The van der Waals surface area contributed by atoms with E-state index in [0.29, 0.717) is 17.2 Å². The molecule has 0 radical (unpaired) electrons. The summed E-state index contributed by atoms with van der Waals surface area (Å²) in [7, 11) is 0. The van der Waals surface area contributed by atoms with Crippen molar-refractivity contribution in [1.82, 2.24) is 4.98 Å². The number of hydrogen-bond acceptors (Lipinski definition) is 5. The van der Waals surface area contributed by atoms with Crippen LogP contribution in [0.5, 0.6) is 0 Å². The van der Waals surface area contributed by atoms with Gasteiger partial charge in [-0.2, -0.15) is 4.98 Å². The minimum Gasteiger partial charge on any atom is -0.423 e. The van der Waals surface area contributed by atoms with E-state index in [0.717, 1.165) is 5.56 Å². The van der Waals surface area contributed by atoms with Gasteiger partial charge in [0.05, 0.1) is 4.92 Å². The van der Waals surface area contributed by atoms with Gasteiger partial charge in [0.15, 0.2) is 11.1 Å². The number of nitrogens with zero attached hydrogens (tertiary/aromatic N) is 2. The Hall–Kier alpha value is -2.60. The predicted octanol–water partition coefficient (Wildman–Crippen LogP) is 4.00. The fraction of sp³-hybridized carbons (Fsp3) is 0.0714. The smallest absolute Gasteiger partial charge is 0.298 e. The van der Waals surface area contributed by atoms with E-state index in [-0.39, 0.29) is 17.2 Å². The number of aromatic nitrogens is 1. The van der Waals surface area contributed by atoms with Crippen molar-refractivity contribution in [2.45, 2.75) is 6.54 Å². The first kappa shape index (κ1) is 13.4. The molecule has 1 heterocycles. The Labute approximate surface area is 124 Å². The van der Waals surface area contributed by atoms with Crippen molar-refractivity contribution in [3.05, 3.63) is 63.2 Å². The average Bonchev–Trinajstić information content (AvgIpc) is 2.89. The molecule has 21 heavy (non-hydrogen) atoms. The van der Waals surface area contributed by atoms with Crippen molar-refractivity contribution < 1.29 is 9.34 Å². The molecule has 0 spiro atoms. The van der Waals surface area contributed by atoms with Gasteiger partial charge in [-0.3, -0.25) is 10.1 Å². The summed E-state index contributed by atoms with van der Waals surface area (Å²) in [5.74, 6) is 0. The number of benzene rings is 2. The first-order valence-electron chi connectivity index (χ1n) is 6.16. The molecule has 2 aromatic carbocycles. The number of hydrogen-bond donors (Lipinski definition) is 1. The normalized spacial score (nSPS) is 10.7. The van der Waals surface area contributed by atoms with Crippen molar-refractivity contribution in [3.63, 3.8) is 0 Å². The second-order valence-corrected chi connectivity index (χ2v) is 4.82. The summed E-state index contributed by atoms with van der Waals surface area (Å²) < 4.78 is 5.45. The number of fused-ring (bicyclic) bond motifs is 1. The molecule has 0 aliphatic heterocycles. The molecule has 106 valence electrons. The van der Waals surface area contributed by atoms with Crippen LogP contribution in [0.15, 0.2) is 46.9 Å². The number of nitro benzene ring substituents is 1. The Morgan fingerprint density at radius 2 is 2.00 bits per heavy atom. The van der Waals surface area contributed by atoms with Gasteiger partial charge >= 0.3 is 0 Å². The van der Waals surface area contributed by atoms with Crippen molar-refractivity contribution >= 4 is 34.4 Å². The van der Waals surface area contributed by atoms with E-state index in [1.54, 1.807) is 24.3 Å². The molecule has 0 atom stereocenters. The van der Waals surface area contributed by atoms with Crippen LogP contribution in [0.4, 0.5) is 11.7 Å². The molecule has 7 heteroatoms. The van der Waals surface area contributed by atoms with E-state index in [1.165, 1.54) is 6.07 Å². The zero-order valence-electron chi connectivity index (χ0n) is 10.7. The van der Waals surface area contributed by atoms with Crippen molar-refractivity contribution in [3.8, 4) is 0 Å². The van der Waals surface area contributed by atoms with E-state index in [9.17, 15) is 10.1 Å². The molecule has 0 aliphatic rings. The van der Waals surface area contributed by atoms with Crippen molar-refractivity contribution in [1.29, 1.82) is 0 Å². The number of para-hydroxylation sites is 1. The first-order valence-corrected chi connectivity index (χ1v) is 6.53. The Morgan fingerprint density at radius 3 is 2.71 bits per heavy atom. The fourth-order valence-electron chi connectivity index (χ4n) is 1.94. The van der Waals surface area contributed by atoms with Crippen LogP contribution in [-0.2, 0) is 6.54 Å². The molecule has 0 aliphatic carbocycles. The molecule has 1 aromatic heterocycles. The number of oxazole rings is 1. The van der Waals surface area contributed by atoms with E-state index >= 15 is 0 Å². The number of anilines is 1. The zero-order valence-corrected chi connectivity index (χ0v) is 11.5. The number of halogens is 1. The standard InChI is InChI=1S/C14H10ClN3O3/c15-10-6-4-9(5-7-10)8-16-14-17-13-11(18(19)20)2-1-3-12(13)21-14/h1-7H,8H2,(H,16,17). The summed E-state index contributed by atoms with van der Waals surface area (Å²) in [5, 5.41) is 14.6. The van der Waals surface area contributed by atoms with Gasteiger partial charge in [-0.05, 0) is 23.8 Å². The maximum absolute atomic E-state index is 10.9. The highest BCUT2D eigenvalue weighted by molar-refractivity contribution is 6.30. The lowest BCUT2D eigenvalue weighted by atomic mass is 10.2. The van der Waals surface area contributed by atoms with Gasteiger partial charge in [-0.15, -0.1) is 0 Å². The Balaban J connectivity index is 1.83. The number of nitrogens with one attached hydrogen (secondary N) is 1. The lowest BCUT2D eigenvalue weighted by molar-refractivity contribution is -0.383. The third kappa shape index (κ3) is 2.80. The average molecular weight is 304 g/mol. The van der Waals surface area contributed by atoms with Crippen LogP contribution >= 0.6 is 11.6 Å². The third-order valence-corrected chi connectivity index (χ3v) is 3.20. The van der Waals surface area contributed by atoms with Crippen molar-refractivity contribution in [2.24, 2.45) is 0 Å². The highest BCUT2D eigenvalue weighted by Gasteiger charge is 2.17. The van der Waals surface area contributed by atoms with Crippen LogP contribution in [0.2, 0.25) is 5.02 Å². The third-order valence-electron chi connectivity index (χ3n) is 2.95. The molecule has 3 rings (SSSR count). The van der Waals surface area contributed by atoms with Crippen LogP contribution in [0.3, 0.4) is 0 Å². The maximum Gasteiger partial charge on any atom is 0.298 e. The Bertz CT molecular complexity index is 799. The van der Waals surface area contributed by atoms with E-state index in [1.807, 2.05) is 12.1 Å². The van der Waals surface area contributed by atoms with Crippen LogP contribution in [0, 0.1) is 10.1 Å². The van der Waals surface area contributed by atoms with Crippen LogP contribution in [-0.4, -0.2) is 9.91 Å². The number of rotatable bonds is 4. The van der Waals surface area contributed by atoms with Gasteiger partial charge in [-0.1, -0.05) is 29.8 Å². The molecule has 0 unspecified atom stereocenters. The molecule has 0 saturated heterocycles. The number of non-ortho nitro benzene ring substituents is 1. The summed E-state index contributed by atoms with van der Waals surface area (Å²) in [6.45, 7) is 0.484. The summed E-state index contributed by atoms with van der Waals surface area (Å²) in [6.07, 6.45) is 0. The Kier molecular flexibility index (Phi) is 3.45. The summed E-state index contributed by atoms with van der Waals surface area (Å²) >= 11 is 5.81. The van der Waals surface area contributed by atoms with E-state index in [4.69, 9.17) is 16.0 Å². The monoisotopic (exact) mass is 303 g/mol. The molecule has 0 saturated carbocycles. The minimum atomic E-state index is -0.478. The molecule has 6 nitrogen and oxygen atoms in total. The van der Waals surface area contributed by atoms with Crippen LogP contribution in [0.25, 0.3) is 11.1 Å². The second kappa shape index (κ2) is 5.41. The largest absolute Gasteiger partial charge is 0.423 e. The molecule has 1 N–H and O–H groups in total. The minimum absolute atomic E-state index is 0.0733. The number of nitro groups is 1. The van der Waals surface area contributed by atoms with Crippen LogP contribution < -0.4 is 5.32 Å². The fourth-order valence-corrected chi connectivity index (χ4v) is 2.06. The van der Waals surface area contributed by atoms with Gasteiger partial charge in [-0.25, -0.2) is 0 Å². The van der Waals surface area contributed by atoms with Gasteiger partial charge in [0.2, 0.25) is 0 Å². The second-order valence-electron chi connectivity index (χ2n) is 4.38. The SMILES string of the molecule is O=[N+]([O-])c1cccc2oc(NCc3ccc(Cl)cc3)nc12.